The molecule has 0 bridgehead atoms. The van der Waals surface area contributed by atoms with Crippen LogP contribution in [0.2, 0.25) is 0 Å². The van der Waals surface area contributed by atoms with Crippen molar-refractivity contribution in [1.82, 2.24) is 15.2 Å². The van der Waals surface area contributed by atoms with Crippen molar-refractivity contribution in [2.75, 3.05) is 13.1 Å². The maximum atomic E-state index is 13.3. The Balaban J connectivity index is 1.33. The zero-order valence-corrected chi connectivity index (χ0v) is 16.7. The molecule has 4 rings (SSSR count). The number of nitrogens with one attached hydrogen (secondary N) is 2. The maximum Gasteiger partial charge on any atom is 0.267 e. The number of benzene rings is 2. The number of aromatic nitrogens is 1. The van der Waals surface area contributed by atoms with Crippen LogP contribution in [-0.4, -0.2) is 41.1 Å². The quantitative estimate of drug-likeness (QED) is 0.690. The maximum absolute atomic E-state index is 13.3. The molecule has 1 aliphatic rings. The Labute approximate surface area is 169 Å². The molecule has 29 heavy (non-hydrogen) atoms. The van der Waals surface area contributed by atoms with E-state index in [1.165, 1.54) is 17.7 Å². The summed E-state index contributed by atoms with van der Waals surface area (Å²) in [5.41, 5.74) is 3.46. The Hall–Kier alpha value is -2.70. The summed E-state index contributed by atoms with van der Waals surface area (Å²) in [6.45, 7) is 7.44. The van der Waals surface area contributed by atoms with Crippen molar-refractivity contribution in [1.29, 1.82) is 0 Å². The van der Waals surface area contributed by atoms with Gasteiger partial charge in [0.25, 0.3) is 5.91 Å². The number of carbonyl (C=O) groups excluding carboxylic acids is 1. The van der Waals surface area contributed by atoms with E-state index in [0.29, 0.717) is 17.6 Å². The number of fused-ring (bicyclic) bond motifs is 1. The molecule has 2 atom stereocenters. The molecule has 2 N–H and O–H groups in total. The van der Waals surface area contributed by atoms with E-state index in [1.54, 1.807) is 12.1 Å². The Morgan fingerprint density at radius 2 is 1.79 bits per heavy atom. The van der Waals surface area contributed by atoms with E-state index in [1.807, 2.05) is 12.1 Å². The summed E-state index contributed by atoms with van der Waals surface area (Å²) in [5, 5.41) is 3.60. The number of H-pyrrole nitrogens is 1. The molecule has 2 heterocycles. The summed E-state index contributed by atoms with van der Waals surface area (Å²) >= 11 is 0. The van der Waals surface area contributed by atoms with Gasteiger partial charge in [0.05, 0.1) is 12.2 Å². The molecule has 5 nitrogen and oxygen atoms in total. The number of ether oxygens (including phenoxy) is 1. The minimum atomic E-state index is -0.315. The van der Waals surface area contributed by atoms with Crippen LogP contribution in [0.1, 0.15) is 35.5 Å². The van der Waals surface area contributed by atoms with Crippen LogP contribution in [0.4, 0.5) is 4.39 Å². The number of carbonyl (C=O) groups is 1. The molecular weight excluding hydrogens is 369 g/mol. The highest BCUT2D eigenvalue weighted by Gasteiger charge is 2.21. The van der Waals surface area contributed by atoms with Gasteiger partial charge in [-0.2, -0.15) is 0 Å². The van der Waals surface area contributed by atoms with Crippen molar-refractivity contribution >= 4 is 16.8 Å². The monoisotopic (exact) mass is 395 g/mol. The van der Waals surface area contributed by atoms with E-state index in [9.17, 15) is 9.18 Å². The standard InChI is InChI=1S/C23H26FN3O2/c1-15-12-27(13-16(2)29-15)14-18-5-3-17(4-6-18)11-25-23(28)22-10-19-9-20(24)7-8-21(19)26-22/h3-10,15-16,26H,11-14H2,1-2H3,(H,25,28). The molecule has 2 aromatic carbocycles. The van der Waals surface area contributed by atoms with Gasteiger partial charge in [-0.1, -0.05) is 24.3 Å². The number of morpholine rings is 1. The summed E-state index contributed by atoms with van der Waals surface area (Å²) in [7, 11) is 0. The van der Waals surface area contributed by atoms with Gasteiger partial charge in [0, 0.05) is 37.1 Å². The molecule has 1 aromatic heterocycles. The van der Waals surface area contributed by atoms with E-state index >= 15 is 0 Å². The Morgan fingerprint density at radius 3 is 2.52 bits per heavy atom. The molecule has 0 spiro atoms. The average molecular weight is 395 g/mol. The molecule has 1 amide bonds. The number of hydrogen-bond donors (Lipinski definition) is 2. The van der Waals surface area contributed by atoms with Crippen LogP contribution in [0.5, 0.6) is 0 Å². The van der Waals surface area contributed by atoms with Gasteiger partial charge in [0.15, 0.2) is 0 Å². The highest BCUT2D eigenvalue weighted by molar-refractivity contribution is 5.97. The lowest BCUT2D eigenvalue weighted by Crippen LogP contribution is -2.44. The molecule has 0 aliphatic carbocycles. The topological polar surface area (TPSA) is 57.4 Å². The number of rotatable bonds is 5. The molecular formula is C23H26FN3O2. The third kappa shape index (κ3) is 4.83. The first-order chi connectivity index (χ1) is 14.0. The summed E-state index contributed by atoms with van der Waals surface area (Å²) < 4.78 is 19.1. The first-order valence-corrected chi connectivity index (χ1v) is 9.98. The number of aromatic amines is 1. The van der Waals surface area contributed by atoms with Crippen molar-refractivity contribution in [2.24, 2.45) is 0 Å². The second kappa shape index (κ2) is 8.35. The van der Waals surface area contributed by atoms with Gasteiger partial charge < -0.3 is 15.0 Å². The van der Waals surface area contributed by atoms with Crippen molar-refractivity contribution in [2.45, 2.75) is 39.1 Å². The molecule has 0 radical (unpaired) electrons. The summed E-state index contributed by atoms with van der Waals surface area (Å²) in [6, 6.07) is 14.4. The second-order valence-corrected chi connectivity index (χ2v) is 7.87. The van der Waals surface area contributed by atoms with Crippen LogP contribution in [0.15, 0.2) is 48.5 Å². The molecule has 1 fully saturated rings. The van der Waals surface area contributed by atoms with E-state index in [4.69, 9.17) is 4.74 Å². The van der Waals surface area contributed by atoms with Crippen LogP contribution in [0.25, 0.3) is 10.9 Å². The summed E-state index contributed by atoms with van der Waals surface area (Å²) in [5.74, 6) is -0.522. The Morgan fingerprint density at radius 1 is 1.10 bits per heavy atom. The number of halogens is 1. The Kier molecular flexibility index (Phi) is 5.65. The minimum absolute atomic E-state index is 0.207. The summed E-state index contributed by atoms with van der Waals surface area (Å²) in [4.78, 5) is 17.8. The molecule has 152 valence electrons. The summed E-state index contributed by atoms with van der Waals surface area (Å²) in [6.07, 6.45) is 0.517. The smallest absolute Gasteiger partial charge is 0.267 e. The van der Waals surface area contributed by atoms with Crippen molar-refractivity contribution in [3.63, 3.8) is 0 Å². The largest absolute Gasteiger partial charge is 0.373 e. The van der Waals surface area contributed by atoms with Crippen LogP contribution in [0, 0.1) is 5.82 Å². The van der Waals surface area contributed by atoms with Gasteiger partial charge in [-0.25, -0.2) is 4.39 Å². The molecule has 3 aromatic rings. The SMILES string of the molecule is CC1CN(Cc2ccc(CNC(=O)c3cc4cc(F)ccc4[nH]3)cc2)CC(C)O1. The molecule has 2 unspecified atom stereocenters. The highest BCUT2D eigenvalue weighted by atomic mass is 19.1. The van der Waals surface area contributed by atoms with Crippen molar-refractivity contribution in [3.05, 3.63) is 71.2 Å². The van der Waals surface area contributed by atoms with Crippen LogP contribution in [0.3, 0.4) is 0 Å². The van der Waals surface area contributed by atoms with Crippen LogP contribution < -0.4 is 5.32 Å². The lowest BCUT2D eigenvalue weighted by molar-refractivity contribution is -0.0704. The predicted octanol–water partition coefficient (Wildman–Crippen LogP) is 3.85. The average Bonchev–Trinajstić information content (AvgIpc) is 3.09. The fourth-order valence-electron chi connectivity index (χ4n) is 3.94. The van der Waals surface area contributed by atoms with Gasteiger partial charge in [-0.05, 0) is 49.2 Å². The minimum Gasteiger partial charge on any atom is -0.373 e. The number of amides is 1. The molecule has 1 aliphatic heterocycles. The van der Waals surface area contributed by atoms with E-state index in [0.717, 1.165) is 30.7 Å². The normalized spacial score (nSPS) is 20.1. The molecule has 6 heteroatoms. The first kappa shape index (κ1) is 19.6. The lowest BCUT2D eigenvalue weighted by Gasteiger charge is -2.35. The Bertz CT molecular complexity index is 989. The van der Waals surface area contributed by atoms with Gasteiger partial charge in [-0.15, -0.1) is 0 Å². The first-order valence-electron chi connectivity index (χ1n) is 9.98. The van der Waals surface area contributed by atoms with E-state index < -0.39 is 0 Å². The van der Waals surface area contributed by atoms with Gasteiger partial charge in [0.1, 0.15) is 11.5 Å². The van der Waals surface area contributed by atoms with E-state index in [2.05, 4.69) is 41.2 Å². The van der Waals surface area contributed by atoms with Gasteiger partial charge in [-0.3, -0.25) is 9.69 Å². The molecule has 0 saturated carbocycles. The number of nitrogens with zero attached hydrogens (tertiary/aromatic N) is 1. The fourth-order valence-corrected chi connectivity index (χ4v) is 3.94. The zero-order valence-electron chi connectivity index (χ0n) is 16.7. The number of hydrogen-bond acceptors (Lipinski definition) is 3. The third-order valence-electron chi connectivity index (χ3n) is 5.20. The zero-order chi connectivity index (χ0) is 20.4. The lowest BCUT2D eigenvalue weighted by atomic mass is 10.1. The second-order valence-electron chi connectivity index (χ2n) is 7.87. The van der Waals surface area contributed by atoms with Crippen LogP contribution >= 0.6 is 0 Å². The van der Waals surface area contributed by atoms with Gasteiger partial charge in [0.2, 0.25) is 0 Å². The van der Waals surface area contributed by atoms with Crippen molar-refractivity contribution in [3.8, 4) is 0 Å². The third-order valence-corrected chi connectivity index (χ3v) is 5.20. The van der Waals surface area contributed by atoms with Crippen LogP contribution in [-0.2, 0) is 17.8 Å². The fraction of sp³-hybridized carbons (Fsp3) is 0.348. The molecule has 1 saturated heterocycles. The van der Waals surface area contributed by atoms with Crippen molar-refractivity contribution < 1.29 is 13.9 Å². The van der Waals surface area contributed by atoms with Gasteiger partial charge >= 0.3 is 0 Å². The predicted molar refractivity (Wildman–Crippen MR) is 111 cm³/mol. The highest BCUT2D eigenvalue weighted by Crippen LogP contribution is 2.17. The van der Waals surface area contributed by atoms with E-state index in [-0.39, 0.29) is 23.9 Å².